The van der Waals surface area contributed by atoms with Crippen LogP contribution < -0.4 is 15.4 Å². The predicted octanol–water partition coefficient (Wildman–Crippen LogP) is -0.856. The number of nitrogens with zero attached hydrogens (tertiary/aromatic N) is 2. The summed E-state index contributed by atoms with van der Waals surface area (Å²) in [5.41, 5.74) is 0.126. The van der Waals surface area contributed by atoms with E-state index >= 15 is 0 Å². The summed E-state index contributed by atoms with van der Waals surface area (Å²) >= 11 is 0. The Labute approximate surface area is 167 Å². The lowest BCUT2D eigenvalue weighted by Gasteiger charge is -2.27. The molecule has 1 saturated heterocycles. The SMILES string of the molecule is CNCCN(C)C(=O)COc1cccc2c1C(=O)N(C1CCC(=O)NC1=O)C2=O. The number of hydrogen-bond acceptors (Lipinski definition) is 7. The third kappa shape index (κ3) is 3.97. The zero-order chi connectivity index (χ0) is 21.1. The number of likely N-dealkylation sites (N-methyl/N-ethyl adjacent to an activating group) is 2. The topological polar surface area (TPSA) is 125 Å². The molecule has 1 fully saturated rings. The summed E-state index contributed by atoms with van der Waals surface area (Å²) in [5, 5.41) is 5.09. The molecular formula is C19H22N4O6. The monoisotopic (exact) mass is 402 g/mol. The van der Waals surface area contributed by atoms with Crippen molar-refractivity contribution in [1.29, 1.82) is 0 Å². The van der Waals surface area contributed by atoms with Crippen LogP contribution in [0.25, 0.3) is 0 Å². The molecule has 0 saturated carbocycles. The van der Waals surface area contributed by atoms with E-state index in [2.05, 4.69) is 10.6 Å². The molecule has 1 atom stereocenters. The summed E-state index contributed by atoms with van der Waals surface area (Å²) in [7, 11) is 3.41. The summed E-state index contributed by atoms with van der Waals surface area (Å²) in [6.45, 7) is 0.819. The molecule has 0 spiro atoms. The maximum absolute atomic E-state index is 12.9. The van der Waals surface area contributed by atoms with Crippen molar-refractivity contribution in [2.45, 2.75) is 18.9 Å². The average Bonchev–Trinajstić information content (AvgIpc) is 2.95. The van der Waals surface area contributed by atoms with Crippen LogP contribution in [0.3, 0.4) is 0 Å². The van der Waals surface area contributed by atoms with Crippen molar-refractivity contribution in [3.05, 3.63) is 29.3 Å². The van der Waals surface area contributed by atoms with E-state index < -0.39 is 29.7 Å². The molecule has 10 nitrogen and oxygen atoms in total. The minimum Gasteiger partial charge on any atom is -0.483 e. The van der Waals surface area contributed by atoms with E-state index in [1.54, 1.807) is 20.2 Å². The predicted molar refractivity (Wildman–Crippen MR) is 100 cm³/mol. The van der Waals surface area contributed by atoms with Gasteiger partial charge in [0.05, 0.1) is 11.1 Å². The fraction of sp³-hybridized carbons (Fsp3) is 0.421. The van der Waals surface area contributed by atoms with Gasteiger partial charge in [-0.1, -0.05) is 6.07 Å². The maximum Gasteiger partial charge on any atom is 0.266 e. The van der Waals surface area contributed by atoms with Gasteiger partial charge in [0, 0.05) is 26.6 Å². The first-order valence-electron chi connectivity index (χ1n) is 9.21. The van der Waals surface area contributed by atoms with Gasteiger partial charge in [0.25, 0.3) is 17.7 Å². The smallest absolute Gasteiger partial charge is 0.266 e. The van der Waals surface area contributed by atoms with Crippen molar-refractivity contribution in [3.63, 3.8) is 0 Å². The number of benzene rings is 1. The van der Waals surface area contributed by atoms with Gasteiger partial charge in [0.1, 0.15) is 11.8 Å². The molecule has 1 unspecified atom stereocenters. The van der Waals surface area contributed by atoms with Crippen LogP contribution in [0.1, 0.15) is 33.6 Å². The number of piperidine rings is 1. The highest BCUT2D eigenvalue weighted by atomic mass is 16.5. The quantitative estimate of drug-likeness (QED) is 0.569. The number of fused-ring (bicyclic) bond motifs is 1. The van der Waals surface area contributed by atoms with Crippen LogP contribution in [0.15, 0.2) is 18.2 Å². The van der Waals surface area contributed by atoms with Crippen LogP contribution in [0, 0.1) is 0 Å². The standard InChI is InChI=1S/C19H22N4O6/c1-20-8-9-22(2)15(25)10-29-13-5-3-4-11-16(13)19(28)23(18(11)27)12-6-7-14(24)21-17(12)26/h3-5,12,20H,6-10H2,1-2H3,(H,21,24,26). The molecule has 29 heavy (non-hydrogen) atoms. The molecule has 3 rings (SSSR count). The Hall–Kier alpha value is -3.27. The fourth-order valence-electron chi connectivity index (χ4n) is 3.26. The van der Waals surface area contributed by atoms with Gasteiger partial charge >= 0.3 is 0 Å². The molecule has 2 N–H and O–H groups in total. The Kier molecular flexibility index (Phi) is 5.92. The number of rotatable bonds is 7. The van der Waals surface area contributed by atoms with E-state index in [0.29, 0.717) is 13.1 Å². The van der Waals surface area contributed by atoms with Gasteiger partial charge < -0.3 is 15.0 Å². The van der Waals surface area contributed by atoms with E-state index in [9.17, 15) is 24.0 Å². The number of carbonyl (C=O) groups excluding carboxylic acids is 5. The molecule has 0 aliphatic carbocycles. The Morgan fingerprint density at radius 1 is 1.28 bits per heavy atom. The minimum absolute atomic E-state index is 0.0212. The van der Waals surface area contributed by atoms with E-state index in [-0.39, 0.29) is 42.2 Å². The van der Waals surface area contributed by atoms with Gasteiger partial charge in [0.15, 0.2) is 6.61 Å². The van der Waals surface area contributed by atoms with Crippen LogP contribution in [-0.4, -0.2) is 79.2 Å². The van der Waals surface area contributed by atoms with Gasteiger partial charge in [-0.3, -0.25) is 34.2 Å². The number of amides is 5. The maximum atomic E-state index is 12.9. The Balaban J connectivity index is 1.77. The van der Waals surface area contributed by atoms with Crippen LogP contribution in [0.5, 0.6) is 5.75 Å². The molecule has 1 aromatic rings. The summed E-state index contributed by atoms with van der Waals surface area (Å²) in [6.07, 6.45) is 0.113. The fourth-order valence-corrected chi connectivity index (χ4v) is 3.26. The lowest BCUT2D eigenvalue weighted by atomic mass is 10.0. The Bertz CT molecular complexity index is 883. The second kappa shape index (κ2) is 8.39. The Morgan fingerprint density at radius 2 is 2.03 bits per heavy atom. The Morgan fingerprint density at radius 3 is 2.72 bits per heavy atom. The van der Waals surface area contributed by atoms with Crippen molar-refractivity contribution in [3.8, 4) is 5.75 Å². The zero-order valence-electron chi connectivity index (χ0n) is 16.2. The van der Waals surface area contributed by atoms with Crippen molar-refractivity contribution in [2.75, 3.05) is 33.8 Å². The highest BCUT2D eigenvalue weighted by molar-refractivity contribution is 6.24. The summed E-state index contributed by atoms with van der Waals surface area (Å²) in [4.78, 5) is 63.7. The number of carbonyl (C=O) groups is 5. The average molecular weight is 402 g/mol. The normalized spacial score (nSPS) is 18.6. The first-order valence-corrected chi connectivity index (χ1v) is 9.21. The number of hydrogen-bond donors (Lipinski definition) is 2. The highest BCUT2D eigenvalue weighted by Gasteiger charge is 2.46. The molecule has 10 heteroatoms. The molecule has 0 aromatic heterocycles. The largest absolute Gasteiger partial charge is 0.483 e. The van der Waals surface area contributed by atoms with Crippen molar-refractivity contribution in [1.82, 2.24) is 20.4 Å². The lowest BCUT2D eigenvalue weighted by Crippen LogP contribution is -2.54. The molecule has 0 bridgehead atoms. The zero-order valence-corrected chi connectivity index (χ0v) is 16.2. The van der Waals surface area contributed by atoms with Gasteiger partial charge in [-0.15, -0.1) is 0 Å². The number of imide groups is 2. The minimum atomic E-state index is -1.05. The van der Waals surface area contributed by atoms with E-state index in [1.807, 2.05) is 0 Å². The van der Waals surface area contributed by atoms with Crippen LogP contribution >= 0.6 is 0 Å². The van der Waals surface area contributed by atoms with Crippen molar-refractivity contribution >= 4 is 29.5 Å². The van der Waals surface area contributed by atoms with E-state index in [4.69, 9.17) is 4.74 Å². The number of ether oxygens (including phenoxy) is 1. The molecule has 0 radical (unpaired) electrons. The summed E-state index contributed by atoms with van der Waals surface area (Å²) in [5.74, 6) is -2.59. The van der Waals surface area contributed by atoms with Crippen LogP contribution in [0.4, 0.5) is 0 Å². The van der Waals surface area contributed by atoms with Crippen LogP contribution in [0.2, 0.25) is 0 Å². The summed E-state index contributed by atoms with van der Waals surface area (Å²) < 4.78 is 5.54. The third-order valence-electron chi connectivity index (χ3n) is 4.90. The molecule has 2 heterocycles. The third-order valence-corrected chi connectivity index (χ3v) is 4.90. The van der Waals surface area contributed by atoms with Gasteiger partial charge in [0.2, 0.25) is 11.8 Å². The molecule has 5 amide bonds. The van der Waals surface area contributed by atoms with Crippen molar-refractivity contribution < 1.29 is 28.7 Å². The van der Waals surface area contributed by atoms with E-state index in [1.165, 1.54) is 17.0 Å². The first-order chi connectivity index (χ1) is 13.8. The second-order valence-electron chi connectivity index (χ2n) is 6.83. The van der Waals surface area contributed by atoms with Crippen molar-refractivity contribution in [2.24, 2.45) is 0 Å². The first kappa shape index (κ1) is 20.5. The van der Waals surface area contributed by atoms with Gasteiger partial charge in [-0.05, 0) is 25.6 Å². The van der Waals surface area contributed by atoms with Gasteiger partial charge in [-0.25, -0.2) is 0 Å². The summed E-state index contributed by atoms with van der Waals surface area (Å²) in [6, 6.07) is 3.46. The second-order valence-corrected chi connectivity index (χ2v) is 6.83. The highest BCUT2D eigenvalue weighted by Crippen LogP contribution is 2.33. The molecule has 1 aromatic carbocycles. The molecule has 2 aliphatic heterocycles. The molecular weight excluding hydrogens is 380 g/mol. The molecule has 154 valence electrons. The molecule has 2 aliphatic rings. The lowest BCUT2D eigenvalue weighted by molar-refractivity contribution is -0.136. The van der Waals surface area contributed by atoms with Crippen LogP contribution in [-0.2, 0) is 14.4 Å². The van der Waals surface area contributed by atoms with E-state index in [0.717, 1.165) is 4.90 Å². The number of nitrogens with one attached hydrogen (secondary N) is 2. The van der Waals surface area contributed by atoms with Gasteiger partial charge in [-0.2, -0.15) is 0 Å².